The zero-order chi connectivity index (χ0) is 34.2. The van der Waals surface area contributed by atoms with E-state index in [1.807, 2.05) is 0 Å². The van der Waals surface area contributed by atoms with Crippen molar-refractivity contribution in [3.8, 4) is 0 Å². The van der Waals surface area contributed by atoms with E-state index in [4.69, 9.17) is 28.3 Å². The van der Waals surface area contributed by atoms with Crippen molar-refractivity contribution in [1.82, 2.24) is 0 Å². The number of hydrogen-bond donors (Lipinski definition) is 7. The molecule has 46 heavy (non-hydrogen) atoms. The lowest BCUT2D eigenvalue weighted by Gasteiger charge is -2.11. The lowest BCUT2D eigenvalue weighted by Crippen LogP contribution is -2.22. The van der Waals surface area contributed by atoms with Gasteiger partial charge < -0.3 is 39.0 Å². The van der Waals surface area contributed by atoms with E-state index in [9.17, 15) is 14.4 Å². The number of nitrogens with zero attached hydrogens (tertiary/aromatic N) is 4. The molecule has 0 radical (unpaired) electrons. The normalized spacial score (nSPS) is 11.4. The molecule has 0 saturated heterocycles. The first kappa shape index (κ1) is 36.8. The highest BCUT2D eigenvalue weighted by Gasteiger charge is 2.11. The number of ketones is 1. The Balaban J connectivity index is 1.78. The molecule has 0 bridgehead atoms. The maximum absolute atomic E-state index is 12.6. The summed E-state index contributed by atoms with van der Waals surface area (Å²) in [5.41, 5.74) is 26.2. The molecule has 2 aromatic carbocycles. The Morgan fingerprint density at radius 1 is 0.565 bits per heavy atom. The number of carbonyl (C=O) groups is 3. The number of guanidine groups is 2. The second-order valence-corrected chi connectivity index (χ2v) is 10.9. The van der Waals surface area contributed by atoms with E-state index in [0.717, 1.165) is 32.1 Å². The van der Waals surface area contributed by atoms with Crippen LogP contribution in [0.4, 0.5) is 11.4 Å². The quantitative estimate of drug-likeness (QED) is 0.0444. The van der Waals surface area contributed by atoms with Gasteiger partial charge in [-0.15, -0.1) is 10.2 Å². The van der Waals surface area contributed by atoms with Crippen LogP contribution in [0.1, 0.15) is 106 Å². The van der Waals surface area contributed by atoms with E-state index >= 15 is 0 Å². The van der Waals surface area contributed by atoms with Crippen LogP contribution >= 0.6 is 0 Å². The van der Waals surface area contributed by atoms with Gasteiger partial charge in [-0.3, -0.25) is 14.4 Å². The van der Waals surface area contributed by atoms with Gasteiger partial charge >= 0.3 is 0 Å². The van der Waals surface area contributed by atoms with E-state index in [0.29, 0.717) is 70.0 Å². The number of nitrogens with one attached hydrogen (secondary N) is 3. The second kappa shape index (κ2) is 18.4. The average Bonchev–Trinajstić information content (AvgIpc) is 2.99. The van der Waals surface area contributed by atoms with Crippen molar-refractivity contribution in [3.63, 3.8) is 0 Å². The Labute approximate surface area is 269 Å². The largest absolute Gasteiger partial charge is 0.369 e. The summed E-state index contributed by atoms with van der Waals surface area (Å²) in [6.07, 6.45) is 5.80. The molecule has 0 spiro atoms. The Hall–Kier alpha value is -5.40. The Bertz CT molecular complexity index is 1430. The zero-order valence-corrected chi connectivity index (χ0v) is 26.9. The molecule has 2 aromatic rings. The summed E-state index contributed by atoms with van der Waals surface area (Å²) < 4.78 is 0. The molecule has 14 nitrogen and oxygen atoms in total. The number of Topliss-reactive ketones (excluding diaryl/α,β-unsaturated/α-hetero) is 1. The first-order chi connectivity index (χ1) is 21.7. The van der Waals surface area contributed by atoms with Crippen molar-refractivity contribution in [2.75, 3.05) is 10.6 Å². The molecule has 0 fully saturated rings. The number of nitrogens with two attached hydrogens (primary N) is 4. The summed E-state index contributed by atoms with van der Waals surface area (Å²) in [5, 5.41) is 29.0. The van der Waals surface area contributed by atoms with Gasteiger partial charge in [0.05, 0.1) is 11.4 Å². The van der Waals surface area contributed by atoms with Gasteiger partial charge in [-0.05, 0) is 82.5 Å². The predicted molar refractivity (Wildman–Crippen MR) is 186 cm³/mol. The molecule has 246 valence electrons. The molecular weight excluding hydrogens is 586 g/mol. The Morgan fingerprint density at radius 3 is 1.33 bits per heavy atom. The first-order valence-electron chi connectivity index (χ1n) is 15.0. The fraction of sp³-hybridized carbons (Fsp3) is 0.375. The topological polar surface area (TPSA) is 253 Å². The molecular formula is C32H45N11O3. The average molecular weight is 632 g/mol. The van der Waals surface area contributed by atoms with Crippen LogP contribution in [0.25, 0.3) is 0 Å². The summed E-state index contributed by atoms with van der Waals surface area (Å²) in [7, 11) is 0. The van der Waals surface area contributed by atoms with Crippen LogP contribution in [-0.2, 0) is 9.59 Å². The van der Waals surface area contributed by atoms with Gasteiger partial charge in [0.15, 0.2) is 5.78 Å². The molecule has 0 unspecified atom stereocenters. The van der Waals surface area contributed by atoms with Gasteiger partial charge in [-0.2, -0.15) is 10.2 Å². The summed E-state index contributed by atoms with van der Waals surface area (Å²) in [6, 6.07) is 10.3. The molecule has 2 amide bonds. The number of amides is 2. The molecule has 2 rings (SSSR count). The van der Waals surface area contributed by atoms with Crippen molar-refractivity contribution >= 4 is 58.0 Å². The standard InChI is InChI=1S/C32H45N11O3/c1-19(33)23-13-24(20(2)40-42-31(34)35)16-27(15-23)38-29(45)11-9-7-5-6-8-10-12-30(46)39-28-17-25(14-26(18-28)22(4)44)21(3)41-43-32(36)37/h13-18,33H,5-12H2,1-4H3,(H,38,45)(H,39,46)(H4,34,35,42)(H4,36,37,43)/b33-19?,40-20+,41-21+. The summed E-state index contributed by atoms with van der Waals surface area (Å²) in [4.78, 5) is 37.2. The number of rotatable bonds is 17. The lowest BCUT2D eigenvalue weighted by molar-refractivity contribution is -0.117. The third-order valence-corrected chi connectivity index (χ3v) is 6.80. The van der Waals surface area contributed by atoms with Gasteiger partial charge in [-0.1, -0.05) is 25.7 Å². The van der Waals surface area contributed by atoms with Crippen LogP contribution in [0.3, 0.4) is 0 Å². The number of anilines is 2. The second-order valence-electron chi connectivity index (χ2n) is 10.9. The summed E-state index contributed by atoms with van der Waals surface area (Å²) >= 11 is 0. The first-order valence-corrected chi connectivity index (χ1v) is 15.0. The molecule has 11 N–H and O–H groups in total. The maximum Gasteiger partial charge on any atom is 0.224 e. The van der Waals surface area contributed by atoms with E-state index < -0.39 is 0 Å². The lowest BCUT2D eigenvalue weighted by atomic mass is 10.0. The Kier molecular flexibility index (Phi) is 14.7. The van der Waals surface area contributed by atoms with Crippen LogP contribution < -0.4 is 33.6 Å². The van der Waals surface area contributed by atoms with Crippen molar-refractivity contribution in [1.29, 1.82) is 5.41 Å². The zero-order valence-electron chi connectivity index (χ0n) is 26.9. The number of carbonyl (C=O) groups excluding carboxylic acids is 3. The van der Waals surface area contributed by atoms with E-state index in [2.05, 4.69) is 31.0 Å². The number of benzene rings is 2. The Morgan fingerprint density at radius 2 is 0.935 bits per heavy atom. The van der Waals surface area contributed by atoms with Crippen molar-refractivity contribution in [2.24, 2.45) is 43.3 Å². The van der Waals surface area contributed by atoms with Crippen LogP contribution in [0.5, 0.6) is 0 Å². The van der Waals surface area contributed by atoms with Crippen LogP contribution in [-0.4, -0.2) is 46.7 Å². The van der Waals surface area contributed by atoms with Gasteiger partial charge in [-0.25, -0.2) is 0 Å². The fourth-order valence-electron chi connectivity index (χ4n) is 4.34. The summed E-state index contributed by atoms with van der Waals surface area (Å²) in [6.45, 7) is 6.56. The van der Waals surface area contributed by atoms with Crippen molar-refractivity contribution in [3.05, 3.63) is 58.7 Å². The minimum absolute atomic E-state index is 0.115. The van der Waals surface area contributed by atoms with Crippen LogP contribution in [0.15, 0.2) is 56.8 Å². The SMILES string of the molecule is CC(=N)c1cc(NC(=O)CCCCCCCCC(=O)Nc2cc(C(C)=O)cc(/C(C)=N/N=C(N)N)c2)cc(/C(C)=N/N=C(N)N)c1. The molecule has 14 heteroatoms. The maximum atomic E-state index is 12.6. The molecule has 0 aliphatic rings. The van der Waals surface area contributed by atoms with E-state index in [1.165, 1.54) is 6.92 Å². The fourth-order valence-corrected chi connectivity index (χ4v) is 4.34. The highest BCUT2D eigenvalue weighted by molar-refractivity contribution is 6.06. The highest BCUT2D eigenvalue weighted by atomic mass is 16.2. The minimum Gasteiger partial charge on any atom is -0.369 e. The van der Waals surface area contributed by atoms with Crippen LogP contribution in [0, 0.1) is 5.41 Å². The van der Waals surface area contributed by atoms with Gasteiger partial charge in [0.2, 0.25) is 23.7 Å². The monoisotopic (exact) mass is 631 g/mol. The van der Waals surface area contributed by atoms with Crippen LogP contribution in [0.2, 0.25) is 0 Å². The predicted octanol–water partition coefficient (Wildman–Crippen LogP) is 3.97. The molecule has 0 aromatic heterocycles. The number of hydrogen-bond acceptors (Lipinski definition) is 8. The number of unbranched alkanes of at least 4 members (excludes halogenated alkanes) is 5. The highest BCUT2D eigenvalue weighted by Crippen LogP contribution is 2.19. The molecule has 0 aliphatic carbocycles. The molecule has 0 atom stereocenters. The van der Waals surface area contributed by atoms with Gasteiger partial charge in [0.1, 0.15) is 0 Å². The van der Waals surface area contributed by atoms with Crippen molar-refractivity contribution < 1.29 is 14.4 Å². The molecule has 0 saturated carbocycles. The third kappa shape index (κ3) is 13.5. The van der Waals surface area contributed by atoms with E-state index in [-0.39, 0.29) is 29.5 Å². The molecule has 0 aliphatic heterocycles. The minimum atomic E-state index is -0.184. The van der Waals surface area contributed by atoms with E-state index in [1.54, 1.807) is 57.2 Å². The van der Waals surface area contributed by atoms with Gasteiger partial charge in [0.25, 0.3) is 0 Å². The van der Waals surface area contributed by atoms with Gasteiger partial charge in [0, 0.05) is 46.6 Å². The summed E-state index contributed by atoms with van der Waals surface area (Å²) in [5.74, 6) is -0.756. The third-order valence-electron chi connectivity index (χ3n) is 6.80. The van der Waals surface area contributed by atoms with Crippen molar-refractivity contribution in [2.45, 2.75) is 79.1 Å². The smallest absolute Gasteiger partial charge is 0.224 e. The molecule has 0 heterocycles.